The number of ketones is 1. The van der Waals surface area contributed by atoms with E-state index in [1.54, 1.807) is 0 Å². The molecule has 0 heterocycles. The van der Waals surface area contributed by atoms with Gasteiger partial charge in [-0.25, -0.2) is 0 Å². The second kappa shape index (κ2) is 3.10. The molecule has 0 bridgehead atoms. The average Bonchev–Trinajstić information content (AvgIpc) is 1.60. The highest BCUT2D eigenvalue weighted by molar-refractivity contribution is 7.26. The fourth-order valence-corrected chi connectivity index (χ4v) is 0.632. The molecule has 0 rings (SSSR count). The number of carbonyl (C=O) groups is 1. The molecule has 0 radical (unpaired) electrons. The molecule has 0 saturated carbocycles. The molecule has 0 amide bonds. The number of hydrogen-bond acceptors (Lipinski definition) is 2. The SMILES string of the molecule is CC(=O)C(P=O)C(F)(F)F. The van der Waals surface area contributed by atoms with E-state index >= 15 is 0 Å². The Morgan fingerprint density at radius 3 is 1.90 bits per heavy atom. The Morgan fingerprint density at radius 1 is 1.50 bits per heavy atom. The molecule has 1 atom stereocenters. The summed E-state index contributed by atoms with van der Waals surface area (Å²) in [6, 6.07) is 0. The lowest BCUT2D eigenvalue weighted by atomic mass is 10.3. The Kier molecular flexibility index (Phi) is 2.96. The standard InChI is InChI=1S/C4H4F3O2P/c1-2(8)3(10-9)4(5,6)7/h3H,1H3. The third-order valence-electron chi connectivity index (χ3n) is 0.801. The smallest absolute Gasteiger partial charge is 0.298 e. The normalized spacial score (nSPS) is 15.2. The third-order valence-corrected chi connectivity index (χ3v) is 1.67. The number of Topliss-reactive ketones (excluding diaryl/α,β-unsaturated/α-hetero) is 1. The summed E-state index contributed by atoms with van der Waals surface area (Å²) in [5.74, 6) is -1.14. The van der Waals surface area contributed by atoms with E-state index in [2.05, 4.69) is 0 Å². The van der Waals surface area contributed by atoms with Gasteiger partial charge < -0.3 is 0 Å². The van der Waals surface area contributed by atoms with Crippen LogP contribution in [-0.4, -0.2) is 17.6 Å². The van der Waals surface area contributed by atoms with Crippen LogP contribution in [0.15, 0.2) is 0 Å². The summed E-state index contributed by atoms with van der Waals surface area (Å²) in [5, 5.41) is 0. The lowest BCUT2D eigenvalue weighted by molar-refractivity contribution is -0.147. The summed E-state index contributed by atoms with van der Waals surface area (Å²) in [5.41, 5.74) is -2.35. The first-order valence-electron chi connectivity index (χ1n) is 2.29. The minimum Gasteiger partial charge on any atom is -0.298 e. The molecule has 1 unspecified atom stereocenters. The molecule has 58 valence electrons. The van der Waals surface area contributed by atoms with Crippen LogP contribution in [-0.2, 0) is 9.36 Å². The lowest BCUT2D eigenvalue weighted by Crippen LogP contribution is -2.29. The van der Waals surface area contributed by atoms with Crippen molar-refractivity contribution in [1.29, 1.82) is 0 Å². The van der Waals surface area contributed by atoms with Gasteiger partial charge in [0.2, 0.25) is 0 Å². The molecule has 0 aliphatic carbocycles. The molecule has 0 spiro atoms. The predicted molar refractivity (Wildman–Crippen MR) is 28.1 cm³/mol. The second-order valence-electron chi connectivity index (χ2n) is 1.66. The first-order chi connectivity index (χ1) is 4.39. The fraction of sp³-hybridized carbons (Fsp3) is 0.750. The van der Waals surface area contributed by atoms with Gasteiger partial charge in [-0.15, -0.1) is 0 Å². The molecule has 0 aliphatic rings. The van der Waals surface area contributed by atoms with Crippen molar-refractivity contribution in [3.05, 3.63) is 0 Å². The van der Waals surface area contributed by atoms with Crippen molar-refractivity contribution >= 4 is 14.2 Å². The number of alkyl halides is 3. The molecule has 0 fully saturated rings. The highest BCUT2D eigenvalue weighted by Crippen LogP contribution is 2.29. The Hall–Kier alpha value is -0.440. The maximum atomic E-state index is 11.5. The van der Waals surface area contributed by atoms with E-state index in [9.17, 15) is 22.5 Å². The molecule has 0 N–H and O–H groups in total. The van der Waals surface area contributed by atoms with Crippen LogP contribution < -0.4 is 0 Å². The Morgan fingerprint density at radius 2 is 1.90 bits per heavy atom. The van der Waals surface area contributed by atoms with Crippen molar-refractivity contribution in [2.75, 3.05) is 0 Å². The minimum atomic E-state index is -4.69. The molecule has 0 saturated heterocycles. The molecule has 2 nitrogen and oxygen atoms in total. The van der Waals surface area contributed by atoms with Gasteiger partial charge in [-0.3, -0.25) is 9.36 Å². The minimum absolute atomic E-state index is 0.753. The molecule has 0 aromatic heterocycles. The highest BCUT2D eigenvalue weighted by atomic mass is 31.1. The zero-order chi connectivity index (χ0) is 8.36. The number of carbonyl (C=O) groups excluding carboxylic acids is 1. The molecular weight excluding hydrogens is 168 g/mol. The molecule has 0 aromatic carbocycles. The number of halogens is 3. The monoisotopic (exact) mass is 172 g/mol. The maximum Gasteiger partial charge on any atom is 0.409 e. The first-order valence-corrected chi connectivity index (χ1v) is 3.17. The van der Waals surface area contributed by atoms with E-state index in [0.29, 0.717) is 0 Å². The summed E-state index contributed by atoms with van der Waals surface area (Å²) in [4.78, 5) is 10.1. The number of rotatable bonds is 2. The van der Waals surface area contributed by atoms with E-state index in [4.69, 9.17) is 0 Å². The van der Waals surface area contributed by atoms with E-state index in [-0.39, 0.29) is 0 Å². The summed E-state index contributed by atoms with van der Waals surface area (Å²) in [6.07, 6.45) is -4.69. The van der Waals surface area contributed by atoms with Crippen molar-refractivity contribution in [2.24, 2.45) is 0 Å². The van der Waals surface area contributed by atoms with E-state index in [0.717, 1.165) is 6.92 Å². The summed E-state index contributed by atoms with van der Waals surface area (Å²) < 4.78 is 44.4. The molecule has 6 heteroatoms. The second-order valence-corrected chi connectivity index (χ2v) is 2.39. The van der Waals surface area contributed by atoms with Crippen molar-refractivity contribution in [1.82, 2.24) is 0 Å². The molecule has 10 heavy (non-hydrogen) atoms. The number of hydrogen-bond donors (Lipinski definition) is 0. The van der Waals surface area contributed by atoms with E-state index in [1.807, 2.05) is 0 Å². The quantitative estimate of drug-likeness (QED) is 0.595. The van der Waals surface area contributed by atoms with Crippen molar-refractivity contribution < 1.29 is 22.5 Å². The Bertz CT molecular complexity index is 153. The van der Waals surface area contributed by atoms with Gasteiger partial charge in [-0.05, 0) is 6.92 Å². The van der Waals surface area contributed by atoms with Crippen LogP contribution in [0, 0.1) is 0 Å². The summed E-state index contributed by atoms with van der Waals surface area (Å²) >= 11 is 0. The van der Waals surface area contributed by atoms with Crippen LogP contribution >= 0.6 is 8.46 Å². The highest BCUT2D eigenvalue weighted by Gasteiger charge is 2.43. The van der Waals surface area contributed by atoms with Crippen LogP contribution in [0.25, 0.3) is 0 Å². The fourth-order valence-electron chi connectivity index (χ4n) is 0.364. The zero-order valence-corrected chi connectivity index (χ0v) is 5.87. The average molecular weight is 172 g/mol. The van der Waals surface area contributed by atoms with E-state index < -0.39 is 26.1 Å². The summed E-state index contributed by atoms with van der Waals surface area (Å²) in [7, 11) is -1.19. The maximum absolute atomic E-state index is 11.5. The van der Waals surface area contributed by atoms with Crippen LogP contribution in [0.5, 0.6) is 0 Å². The van der Waals surface area contributed by atoms with Crippen molar-refractivity contribution in [3.63, 3.8) is 0 Å². The van der Waals surface area contributed by atoms with Crippen LogP contribution in [0.2, 0.25) is 0 Å². The zero-order valence-electron chi connectivity index (χ0n) is 4.97. The molecule has 0 aromatic rings. The van der Waals surface area contributed by atoms with Gasteiger partial charge in [0, 0.05) is 0 Å². The Balaban J connectivity index is 4.36. The molecule has 0 aliphatic heterocycles. The van der Waals surface area contributed by atoms with Crippen molar-refractivity contribution in [2.45, 2.75) is 18.8 Å². The Labute approximate surface area is 56.6 Å². The third kappa shape index (κ3) is 2.43. The van der Waals surface area contributed by atoms with Gasteiger partial charge in [-0.1, -0.05) is 0 Å². The van der Waals surface area contributed by atoms with Gasteiger partial charge in [0.1, 0.15) is 0 Å². The van der Waals surface area contributed by atoms with Crippen LogP contribution in [0.4, 0.5) is 13.2 Å². The van der Waals surface area contributed by atoms with Gasteiger partial charge in [0.15, 0.2) is 19.9 Å². The van der Waals surface area contributed by atoms with Gasteiger partial charge in [0.05, 0.1) is 0 Å². The molecular formula is C4H4F3O2P. The summed E-state index contributed by atoms with van der Waals surface area (Å²) in [6.45, 7) is 0.753. The van der Waals surface area contributed by atoms with Crippen molar-refractivity contribution in [3.8, 4) is 0 Å². The topological polar surface area (TPSA) is 34.1 Å². The first kappa shape index (κ1) is 9.56. The van der Waals surface area contributed by atoms with Crippen LogP contribution in [0.3, 0.4) is 0 Å². The lowest BCUT2D eigenvalue weighted by Gasteiger charge is -2.08. The predicted octanol–water partition coefficient (Wildman–Crippen LogP) is 1.80. The van der Waals surface area contributed by atoms with Gasteiger partial charge in [0.25, 0.3) is 0 Å². The van der Waals surface area contributed by atoms with Crippen LogP contribution in [0.1, 0.15) is 6.92 Å². The van der Waals surface area contributed by atoms with Gasteiger partial charge in [-0.2, -0.15) is 13.2 Å². The van der Waals surface area contributed by atoms with Gasteiger partial charge >= 0.3 is 6.18 Å². The van der Waals surface area contributed by atoms with E-state index in [1.165, 1.54) is 0 Å². The largest absolute Gasteiger partial charge is 0.409 e.